The van der Waals surface area contributed by atoms with Crippen LogP contribution < -0.4 is 9.47 Å². The highest BCUT2D eigenvalue weighted by Gasteiger charge is 2.24. The van der Waals surface area contributed by atoms with Crippen molar-refractivity contribution in [2.75, 3.05) is 25.6 Å². The molecule has 2 aliphatic heterocycles. The number of rotatable bonds is 3. The maximum atomic E-state index is 13.0. The summed E-state index contributed by atoms with van der Waals surface area (Å²) in [5.41, 5.74) is 2.36. The van der Waals surface area contributed by atoms with Crippen LogP contribution in [0.25, 0.3) is 10.8 Å². The Kier molecular flexibility index (Phi) is 5.06. The van der Waals surface area contributed by atoms with Crippen molar-refractivity contribution in [3.8, 4) is 11.5 Å². The number of hydrogen-bond acceptors (Lipinski definition) is 4. The predicted octanol–water partition coefficient (Wildman–Crippen LogP) is 4.82. The first-order chi connectivity index (χ1) is 14.3. The zero-order chi connectivity index (χ0) is 19.6. The minimum atomic E-state index is 0.216. The SMILES string of the molecule is O=C(Cc1cccc2ccccc12)N1CCSC(c2ccc3c(c2)OCO3)CC1. The second-order valence-electron chi connectivity index (χ2n) is 7.46. The van der Waals surface area contributed by atoms with Gasteiger partial charge in [-0.15, -0.1) is 0 Å². The van der Waals surface area contributed by atoms with Crippen LogP contribution in [0.2, 0.25) is 0 Å². The van der Waals surface area contributed by atoms with Gasteiger partial charge in [0, 0.05) is 24.1 Å². The number of thioether (sulfide) groups is 1. The van der Waals surface area contributed by atoms with Crippen LogP contribution in [0.1, 0.15) is 22.8 Å². The first-order valence-electron chi connectivity index (χ1n) is 10.0. The summed E-state index contributed by atoms with van der Waals surface area (Å²) in [5.74, 6) is 2.81. The van der Waals surface area contributed by atoms with Crippen molar-refractivity contribution in [3.63, 3.8) is 0 Å². The number of fused-ring (bicyclic) bond motifs is 2. The Morgan fingerprint density at radius 2 is 1.86 bits per heavy atom. The smallest absolute Gasteiger partial charge is 0.231 e. The van der Waals surface area contributed by atoms with E-state index in [1.807, 2.05) is 40.9 Å². The Bertz CT molecular complexity index is 1050. The van der Waals surface area contributed by atoms with E-state index < -0.39 is 0 Å². The number of hydrogen-bond donors (Lipinski definition) is 0. The molecular formula is C24H23NO3S. The Balaban J connectivity index is 1.27. The quantitative estimate of drug-likeness (QED) is 0.626. The van der Waals surface area contributed by atoms with E-state index in [1.54, 1.807) is 0 Å². The molecule has 2 aliphatic rings. The molecule has 0 spiro atoms. The fraction of sp³-hybridized carbons (Fsp3) is 0.292. The molecule has 0 aliphatic carbocycles. The van der Waals surface area contributed by atoms with Gasteiger partial charge in [0.2, 0.25) is 12.7 Å². The minimum Gasteiger partial charge on any atom is -0.454 e. The minimum absolute atomic E-state index is 0.216. The van der Waals surface area contributed by atoms with E-state index in [0.29, 0.717) is 18.5 Å². The molecule has 4 nitrogen and oxygen atoms in total. The molecule has 3 aromatic carbocycles. The van der Waals surface area contributed by atoms with E-state index in [9.17, 15) is 4.79 Å². The lowest BCUT2D eigenvalue weighted by molar-refractivity contribution is -0.130. The van der Waals surface area contributed by atoms with E-state index in [2.05, 4.69) is 36.4 Å². The van der Waals surface area contributed by atoms with Crippen LogP contribution in [0.15, 0.2) is 60.7 Å². The lowest BCUT2D eigenvalue weighted by Gasteiger charge is -2.21. The topological polar surface area (TPSA) is 38.8 Å². The first kappa shape index (κ1) is 18.4. The molecule has 3 aromatic rings. The maximum absolute atomic E-state index is 13.0. The zero-order valence-electron chi connectivity index (χ0n) is 16.2. The van der Waals surface area contributed by atoms with Crippen molar-refractivity contribution >= 4 is 28.4 Å². The van der Waals surface area contributed by atoms with Gasteiger partial charge in [-0.05, 0) is 40.5 Å². The predicted molar refractivity (Wildman–Crippen MR) is 117 cm³/mol. The summed E-state index contributed by atoms with van der Waals surface area (Å²) in [6.45, 7) is 1.89. The second-order valence-corrected chi connectivity index (χ2v) is 8.77. The van der Waals surface area contributed by atoms with Crippen molar-refractivity contribution in [3.05, 3.63) is 71.8 Å². The lowest BCUT2D eigenvalue weighted by atomic mass is 10.0. The van der Waals surface area contributed by atoms with Gasteiger partial charge in [0.1, 0.15) is 0 Å². The number of carbonyl (C=O) groups is 1. The molecule has 5 heteroatoms. The highest BCUT2D eigenvalue weighted by Crippen LogP contribution is 2.40. The summed E-state index contributed by atoms with van der Waals surface area (Å²) in [4.78, 5) is 15.1. The molecule has 1 saturated heterocycles. The van der Waals surface area contributed by atoms with E-state index in [0.717, 1.165) is 42.3 Å². The van der Waals surface area contributed by atoms with Crippen LogP contribution in [-0.2, 0) is 11.2 Å². The Hall–Kier alpha value is -2.66. The average Bonchev–Trinajstić information content (AvgIpc) is 3.08. The van der Waals surface area contributed by atoms with Crippen molar-refractivity contribution in [2.24, 2.45) is 0 Å². The molecular weight excluding hydrogens is 382 g/mol. The van der Waals surface area contributed by atoms with Gasteiger partial charge >= 0.3 is 0 Å². The third-order valence-electron chi connectivity index (χ3n) is 5.68. The number of benzene rings is 3. The van der Waals surface area contributed by atoms with Crippen LogP contribution in [0.3, 0.4) is 0 Å². The average molecular weight is 406 g/mol. The summed E-state index contributed by atoms with van der Waals surface area (Å²) < 4.78 is 10.9. The van der Waals surface area contributed by atoms with Crippen LogP contribution in [-0.4, -0.2) is 36.4 Å². The van der Waals surface area contributed by atoms with E-state index in [1.165, 1.54) is 16.3 Å². The van der Waals surface area contributed by atoms with Gasteiger partial charge in [-0.25, -0.2) is 0 Å². The van der Waals surface area contributed by atoms with Gasteiger partial charge in [-0.1, -0.05) is 48.5 Å². The second kappa shape index (κ2) is 7.99. The Morgan fingerprint density at radius 3 is 2.83 bits per heavy atom. The molecule has 1 atom stereocenters. The van der Waals surface area contributed by atoms with E-state index >= 15 is 0 Å². The Morgan fingerprint density at radius 1 is 1.00 bits per heavy atom. The summed E-state index contributed by atoms with van der Waals surface area (Å²) in [5, 5.41) is 2.73. The highest BCUT2D eigenvalue weighted by molar-refractivity contribution is 7.99. The summed E-state index contributed by atoms with van der Waals surface area (Å²) in [6, 6.07) is 20.7. The molecule has 1 fully saturated rings. The van der Waals surface area contributed by atoms with Crippen LogP contribution in [0.4, 0.5) is 0 Å². The third-order valence-corrected chi connectivity index (χ3v) is 7.01. The maximum Gasteiger partial charge on any atom is 0.231 e. The molecule has 5 rings (SSSR count). The summed E-state index contributed by atoms with van der Waals surface area (Å²) >= 11 is 1.92. The molecule has 2 heterocycles. The van der Waals surface area contributed by atoms with Crippen LogP contribution in [0, 0.1) is 0 Å². The summed E-state index contributed by atoms with van der Waals surface area (Å²) in [7, 11) is 0. The fourth-order valence-corrected chi connectivity index (χ4v) is 5.34. The highest BCUT2D eigenvalue weighted by atomic mass is 32.2. The zero-order valence-corrected chi connectivity index (χ0v) is 17.0. The van der Waals surface area contributed by atoms with Gasteiger partial charge in [0.25, 0.3) is 0 Å². The van der Waals surface area contributed by atoms with E-state index in [-0.39, 0.29) is 5.91 Å². The summed E-state index contributed by atoms with van der Waals surface area (Å²) in [6.07, 6.45) is 1.41. The van der Waals surface area contributed by atoms with Crippen molar-refractivity contribution < 1.29 is 14.3 Å². The molecule has 148 valence electrons. The molecule has 0 N–H and O–H groups in total. The van der Waals surface area contributed by atoms with Crippen molar-refractivity contribution in [1.29, 1.82) is 0 Å². The first-order valence-corrected chi connectivity index (χ1v) is 11.1. The standard InChI is InChI=1S/C24H23NO3S/c26-24(15-18-6-3-5-17-4-1-2-7-20(17)18)25-11-10-23(29-13-12-25)19-8-9-21-22(14-19)28-16-27-21/h1-9,14,23H,10-13,15-16H2. The monoisotopic (exact) mass is 405 g/mol. The number of nitrogens with zero attached hydrogens (tertiary/aromatic N) is 1. The van der Waals surface area contributed by atoms with Gasteiger partial charge in [0.05, 0.1) is 6.42 Å². The van der Waals surface area contributed by atoms with Crippen molar-refractivity contribution in [1.82, 2.24) is 4.90 Å². The molecule has 0 bridgehead atoms. The molecule has 0 radical (unpaired) electrons. The molecule has 1 amide bonds. The van der Waals surface area contributed by atoms with Gasteiger partial charge in [0.15, 0.2) is 11.5 Å². The van der Waals surface area contributed by atoms with Crippen LogP contribution in [0.5, 0.6) is 11.5 Å². The van der Waals surface area contributed by atoms with Gasteiger partial charge in [-0.2, -0.15) is 11.8 Å². The number of ether oxygens (including phenoxy) is 2. The van der Waals surface area contributed by atoms with Crippen molar-refractivity contribution in [2.45, 2.75) is 18.1 Å². The Labute approximate surface area is 174 Å². The van der Waals surface area contributed by atoms with Gasteiger partial charge in [-0.3, -0.25) is 4.79 Å². The van der Waals surface area contributed by atoms with Gasteiger partial charge < -0.3 is 14.4 Å². The third kappa shape index (κ3) is 3.79. The molecule has 0 aromatic heterocycles. The number of amides is 1. The molecule has 0 saturated carbocycles. The number of carbonyl (C=O) groups excluding carboxylic acids is 1. The fourth-order valence-electron chi connectivity index (χ4n) is 4.12. The van der Waals surface area contributed by atoms with Crippen LogP contribution >= 0.6 is 11.8 Å². The normalized spacial score (nSPS) is 18.6. The lowest BCUT2D eigenvalue weighted by Crippen LogP contribution is -2.34. The molecule has 1 unspecified atom stereocenters. The largest absolute Gasteiger partial charge is 0.454 e. The van der Waals surface area contributed by atoms with E-state index in [4.69, 9.17) is 9.47 Å². The molecule has 29 heavy (non-hydrogen) atoms.